The zero-order chi connectivity index (χ0) is 24.2. The molecule has 4 aromatic rings. The number of hydrogen-bond acceptors (Lipinski definition) is 4. The Morgan fingerprint density at radius 3 is 2.34 bits per heavy atom. The van der Waals surface area contributed by atoms with E-state index >= 15 is 0 Å². The number of rotatable bonds is 5. The molecule has 0 radical (unpaired) electrons. The number of anilines is 1. The number of halogens is 1. The number of likely N-dealkylation sites (N-methyl/N-ethyl adjacent to an activating group) is 1. The number of ether oxygens (including phenoxy) is 1. The van der Waals surface area contributed by atoms with Gasteiger partial charge in [-0.05, 0) is 47.5 Å². The number of nitrogens with one attached hydrogen (secondary N) is 1. The van der Waals surface area contributed by atoms with Crippen molar-refractivity contribution in [3.63, 3.8) is 0 Å². The maximum Gasteiger partial charge on any atom is 0.316 e. The molecule has 1 atom stereocenters. The van der Waals surface area contributed by atoms with Gasteiger partial charge < -0.3 is 14.5 Å². The molecular weight excluding hydrogens is 460 g/mol. The highest BCUT2D eigenvalue weighted by Crippen LogP contribution is 2.31. The van der Waals surface area contributed by atoms with Crippen LogP contribution in [0.5, 0.6) is 11.5 Å². The summed E-state index contributed by atoms with van der Waals surface area (Å²) in [5.41, 5.74) is 3.27. The molecule has 1 aliphatic rings. The number of hydrogen-bond donors (Lipinski definition) is 1. The lowest BCUT2D eigenvalue weighted by atomic mass is 10.1. The van der Waals surface area contributed by atoms with Crippen molar-refractivity contribution < 1.29 is 9.64 Å². The van der Waals surface area contributed by atoms with E-state index in [2.05, 4.69) is 29.2 Å². The number of aromatic nitrogens is 2. The monoisotopic (exact) mass is 487 g/mol. The van der Waals surface area contributed by atoms with Crippen LogP contribution in [-0.2, 0) is 0 Å². The first-order valence-electron chi connectivity index (χ1n) is 11.9. The molecule has 1 unspecified atom stereocenters. The predicted octanol–water partition coefficient (Wildman–Crippen LogP) is 4.07. The molecule has 1 saturated heterocycles. The molecule has 6 nitrogen and oxygen atoms in total. The third kappa shape index (κ3) is 5.24. The van der Waals surface area contributed by atoms with Gasteiger partial charge in [0.2, 0.25) is 5.75 Å². The molecule has 1 aliphatic heterocycles. The van der Waals surface area contributed by atoms with Gasteiger partial charge >= 0.3 is 5.56 Å². The maximum atomic E-state index is 13.7. The van der Waals surface area contributed by atoms with E-state index in [1.54, 1.807) is 30.5 Å². The average molecular weight is 488 g/mol. The molecule has 1 aromatic heterocycles. The van der Waals surface area contributed by atoms with Gasteiger partial charge in [-0.15, -0.1) is 0 Å². The second-order valence-corrected chi connectivity index (χ2v) is 9.28. The minimum atomic E-state index is -0.304. The first-order chi connectivity index (χ1) is 17.1. The van der Waals surface area contributed by atoms with Crippen molar-refractivity contribution >= 4 is 17.3 Å². The first kappa shape index (κ1) is 23.1. The van der Waals surface area contributed by atoms with E-state index in [9.17, 15) is 4.79 Å². The van der Waals surface area contributed by atoms with Gasteiger partial charge in [0.1, 0.15) is 11.4 Å². The van der Waals surface area contributed by atoms with E-state index in [1.165, 1.54) is 9.58 Å². The molecule has 1 fully saturated rings. The Kier molecular flexibility index (Phi) is 6.84. The van der Waals surface area contributed by atoms with Crippen LogP contribution in [0.3, 0.4) is 0 Å². The molecule has 7 heteroatoms. The summed E-state index contributed by atoms with van der Waals surface area (Å²) >= 11 is 6.05. The minimum Gasteiger partial charge on any atom is -0.449 e. The van der Waals surface area contributed by atoms with Crippen molar-refractivity contribution in [2.45, 2.75) is 6.42 Å². The van der Waals surface area contributed by atoms with E-state index < -0.39 is 0 Å². The van der Waals surface area contributed by atoms with Crippen LogP contribution in [0.15, 0.2) is 89.9 Å². The summed E-state index contributed by atoms with van der Waals surface area (Å²) in [4.78, 5) is 17.4. The summed E-state index contributed by atoms with van der Waals surface area (Å²) in [6.45, 7) is 3.78. The second kappa shape index (κ2) is 10.3. The molecule has 0 spiro atoms. The normalized spacial score (nSPS) is 16.1. The summed E-state index contributed by atoms with van der Waals surface area (Å²) in [6, 6.07) is 25.0. The molecule has 2 heterocycles. The molecule has 5 rings (SSSR count). The van der Waals surface area contributed by atoms with E-state index in [4.69, 9.17) is 16.3 Å². The van der Waals surface area contributed by atoms with E-state index in [1.807, 2.05) is 42.5 Å². The second-order valence-electron chi connectivity index (χ2n) is 8.84. The Morgan fingerprint density at radius 1 is 0.886 bits per heavy atom. The Bertz CT molecular complexity index is 1340. The summed E-state index contributed by atoms with van der Waals surface area (Å²) in [5, 5.41) is 5.09. The van der Waals surface area contributed by atoms with Gasteiger partial charge in [-0.3, -0.25) is 4.79 Å². The van der Waals surface area contributed by atoms with Gasteiger partial charge in [0.25, 0.3) is 0 Å². The van der Waals surface area contributed by atoms with Crippen LogP contribution < -0.4 is 20.1 Å². The lowest BCUT2D eigenvalue weighted by Gasteiger charge is -2.24. The predicted molar refractivity (Wildman–Crippen MR) is 140 cm³/mol. The maximum absolute atomic E-state index is 13.7. The van der Waals surface area contributed by atoms with Crippen LogP contribution in [0, 0.1) is 0 Å². The molecular formula is C28H28ClN4O2+. The standard InChI is InChI=1S/C28H27ClN4O2/c1-31-16-5-17-32(19-18-31)26-20-30-33(24-12-10-23(29)11-13-24)28(34)27(26)35-25-14-8-22(9-15-25)21-6-3-2-4-7-21/h2-4,6-15,20H,5,16-19H2,1H3/p+1. The average Bonchev–Trinajstić information content (AvgIpc) is 3.11. The Hall–Kier alpha value is -3.61. The number of quaternary nitrogens is 1. The molecule has 3 aromatic carbocycles. The summed E-state index contributed by atoms with van der Waals surface area (Å²) in [6.07, 6.45) is 2.78. The van der Waals surface area contributed by atoms with E-state index in [-0.39, 0.29) is 11.3 Å². The lowest BCUT2D eigenvalue weighted by molar-refractivity contribution is -0.876. The van der Waals surface area contributed by atoms with Gasteiger partial charge in [-0.25, -0.2) is 0 Å². The van der Waals surface area contributed by atoms with Crippen molar-refractivity contribution in [1.82, 2.24) is 9.78 Å². The highest BCUT2D eigenvalue weighted by molar-refractivity contribution is 6.30. The van der Waals surface area contributed by atoms with Crippen molar-refractivity contribution in [2.75, 3.05) is 38.1 Å². The SMILES string of the molecule is C[NH+]1CCCN(c2cnn(-c3ccc(Cl)cc3)c(=O)c2Oc2ccc(-c3ccccc3)cc2)CC1. The molecule has 0 amide bonds. The molecule has 1 N–H and O–H groups in total. The zero-order valence-electron chi connectivity index (χ0n) is 19.7. The molecule has 35 heavy (non-hydrogen) atoms. The molecule has 0 saturated carbocycles. The van der Waals surface area contributed by atoms with Crippen molar-refractivity contribution in [1.29, 1.82) is 0 Å². The molecule has 0 aliphatic carbocycles. The third-order valence-electron chi connectivity index (χ3n) is 6.35. The van der Waals surface area contributed by atoms with Crippen molar-refractivity contribution in [2.24, 2.45) is 0 Å². The topological polar surface area (TPSA) is 51.8 Å². The van der Waals surface area contributed by atoms with Gasteiger partial charge in [0, 0.05) is 18.0 Å². The largest absolute Gasteiger partial charge is 0.449 e. The summed E-state index contributed by atoms with van der Waals surface area (Å²) in [5.74, 6) is 0.886. The Labute approximate surface area is 210 Å². The van der Waals surface area contributed by atoms with Gasteiger partial charge in [-0.1, -0.05) is 54.1 Å². The highest BCUT2D eigenvalue weighted by Gasteiger charge is 2.23. The van der Waals surface area contributed by atoms with Crippen LogP contribution in [0.1, 0.15) is 6.42 Å². The van der Waals surface area contributed by atoms with Gasteiger partial charge in [0.05, 0.1) is 38.6 Å². The smallest absolute Gasteiger partial charge is 0.316 e. The zero-order valence-corrected chi connectivity index (χ0v) is 20.4. The van der Waals surface area contributed by atoms with Crippen LogP contribution >= 0.6 is 11.6 Å². The Balaban J connectivity index is 1.53. The fourth-order valence-electron chi connectivity index (χ4n) is 4.36. The highest BCUT2D eigenvalue weighted by atomic mass is 35.5. The van der Waals surface area contributed by atoms with Crippen LogP contribution in [0.2, 0.25) is 5.02 Å². The van der Waals surface area contributed by atoms with Gasteiger partial charge in [0.15, 0.2) is 0 Å². The van der Waals surface area contributed by atoms with Crippen molar-refractivity contribution in [3.8, 4) is 28.3 Å². The molecule has 178 valence electrons. The first-order valence-corrected chi connectivity index (χ1v) is 12.2. The summed E-state index contributed by atoms with van der Waals surface area (Å²) < 4.78 is 7.65. The third-order valence-corrected chi connectivity index (χ3v) is 6.60. The van der Waals surface area contributed by atoms with E-state index in [0.29, 0.717) is 16.5 Å². The van der Waals surface area contributed by atoms with Crippen LogP contribution in [-0.4, -0.2) is 43.0 Å². The van der Waals surface area contributed by atoms with Crippen molar-refractivity contribution in [3.05, 3.63) is 100 Å². The van der Waals surface area contributed by atoms with Crippen LogP contribution in [0.25, 0.3) is 16.8 Å². The minimum absolute atomic E-state index is 0.280. The lowest BCUT2D eigenvalue weighted by Crippen LogP contribution is -3.09. The fourth-order valence-corrected chi connectivity index (χ4v) is 4.48. The number of nitrogens with zero attached hydrogens (tertiary/aromatic N) is 3. The fraction of sp³-hybridized carbons (Fsp3) is 0.214. The van der Waals surface area contributed by atoms with E-state index in [0.717, 1.165) is 49.4 Å². The molecule has 0 bridgehead atoms. The number of benzene rings is 3. The van der Waals surface area contributed by atoms with Crippen LogP contribution in [0.4, 0.5) is 5.69 Å². The van der Waals surface area contributed by atoms with Gasteiger partial charge in [-0.2, -0.15) is 9.78 Å². The summed E-state index contributed by atoms with van der Waals surface area (Å²) in [7, 11) is 2.20. The quantitative estimate of drug-likeness (QED) is 0.461. The Morgan fingerprint density at radius 2 is 1.60 bits per heavy atom.